The fraction of sp³-hybridized carbons (Fsp3) is 0.455. The van der Waals surface area contributed by atoms with Crippen molar-refractivity contribution in [2.45, 2.75) is 25.8 Å². The van der Waals surface area contributed by atoms with E-state index in [1.54, 1.807) is 0 Å². The predicted molar refractivity (Wildman–Crippen MR) is 121 cm³/mol. The number of hydrogen-bond acceptors (Lipinski definition) is 4. The second-order valence-corrected chi connectivity index (χ2v) is 9.00. The van der Waals surface area contributed by atoms with Gasteiger partial charge in [-0.1, -0.05) is 42.5 Å². The van der Waals surface area contributed by atoms with Crippen LogP contribution in [0.4, 0.5) is 0 Å². The van der Waals surface area contributed by atoms with E-state index in [4.69, 9.17) is 5.73 Å². The van der Waals surface area contributed by atoms with Crippen molar-refractivity contribution >= 4 is 33.9 Å². The standard InChI is InChI=1S/C22H30N4O4S/c1-16(19-8-4-6-18-5-2-3-7-20(18)19)25-11-9-17(10-12-25)14-26(31(29)30)15-22(28)24-13-21(23)27/h2-8,16-17H,9-15H2,1H3,(H2,23,27)(H,24,28)(H,29,30). The van der Waals surface area contributed by atoms with Gasteiger partial charge in [0.15, 0.2) is 0 Å². The highest BCUT2D eigenvalue weighted by molar-refractivity contribution is 7.76. The third kappa shape index (κ3) is 6.33. The maximum atomic E-state index is 11.9. The van der Waals surface area contributed by atoms with Gasteiger partial charge in [-0.15, -0.1) is 0 Å². The second kappa shape index (κ2) is 10.8. The van der Waals surface area contributed by atoms with Gasteiger partial charge in [0.25, 0.3) is 0 Å². The number of nitrogens with zero attached hydrogens (tertiary/aromatic N) is 2. The van der Waals surface area contributed by atoms with Crippen LogP contribution in [0.2, 0.25) is 0 Å². The minimum absolute atomic E-state index is 0.219. The number of piperidine rings is 1. The van der Waals surface area contributed by atoms with Crippen molar-refractivity contribution in [3.63, 3.8) is 0 Å². The summed E-state index contributed by atoms with van der Waals surface area (Å²) in [6, 6.07) is 15.1. The van der Waals surface area contributed by atoms with Crippen LogP contribution in [0.3, 0.4) is 0 Å². The van der Waals surface area contributed by atoms with Gasteiger partial charge in [0.05, 0.1) is 13.1 Å². The first kappa shape index (κ1) is 23.3. The summed E-state index contributed by atoms with van der Waals surface area (Å²) in [5.74, 6) is -0.933. The van der Waals surface area contributed by atoms with Crippen LogP contribution < -0.4 is 11.1 Å². The van der Waals surface area contributed by atoms with Gasteiger partial charge in [-0.05, 0) is 55.1 Å². The normalized spacial score (nSPS) is 17.5. The lowest BCUT2D eigenvalue weighted by Gasteiger charge is -2.37. The first-order chi connectivity index (χ1) is 14.8. The fourth-order valence-electron chi connectivity index (χ4n) is 4.21. The van der Waals surface area contributed by atoms with Crippen LogP contribution in [0.5, 0.6) is 0 Å². The van der Waals surface area contributed by atoms with E-state index in [2.05, 4.69) is 53.5 Å². The molecule has 0 radical (unpaired) electrons. The molecule has 9 heteroatoms. The molecule has 0 spiro atoms. The molecule has 31 heavy (non-hydrogen) atoms. The van der Waals surface area contributed by atoms with E-state index < -0.39 is 23.1 Å². The van der Waals surface area contributed by atoms with Crippen LogP contribution in [0, 0.1) is 5.92 Å². The maximum Gasteiger partial charge on any atom is 0.236 e. The Morgan fingerprint density at radius 2 is 1.90 bits per heavy atom. The summed E-state index contributed by atoms with van der Waals surface area (Å²) in [6.07, 6.45) is 1.76. The van der Waals surface area contributed by atoms with Crippen molar-refractivity contribution in [3.05, 3.63) is 48.0 Å². The fourth-order valence-corrected chi connectivity index (χ4v) is 4.77. The summed E-state index contributed by atoms with van der Waals surface area (Å²) in [5.41, 5.74) is 6.32. The molecule has 8 nitrogen and oxygen atoms in total. The maximum absolute atomic E-state index is 11.9. The lowest BCUT2D eigenvalue weighted by molar-refractivity contribution is -0.125. The highest BCUT2D eigenvalue weighted by Gasteiger charge is 2.27. The number of nitrogens with two attached hydrogens (primary N) is 1. The molecule has 168 valence electrons. The Kier molecular flexibility index (Phi) is 8.14. The van der Waals surface area contributed by atoms with E-state index in [1.165, 1.54) is 20.6 Å². The van der Waals surface area contributed by atoms with Crippen molar-refractivity contribution in [2.24, 2.45) is 11.7 Å². The van der Waals surface area contributed by atoms with Crippen LogP contribution in [-0.4, -0.2) is 62.5 Å². The minimum Gasteiger partial charge on any atom is -0.368 e. The van der Waals surface area contributed by atoms with Crippen molar-refractivity contribution in [1.82, 2.24) is 14.5 Å². The summed E-state index contributed by atoms with van der Waals surface area (Å²) >= 11 is -2.26. The van der Waals surface area contributed by atoms with E-state index in [-0.39, 0.29) is 25.0 Å². The first-order valence-electron chi connectivity index (χ1n) is 10.5. The summed E-state index contributed by atoms with van der Waals surface area (Å²) in [6.45, 7) is 3.81. The van der Waals surface area contributed by atoms with Crippen LogP contribution in [0.15, 0.2) is 42.5 Å². The molecule has 4 N–H and O–H groups in total. The quantitative estimate of drug-likeness (QED) is 0.507. The number of carbonyl (C=O) groups excluding carboxylic acids is 2. The van der Waals surface area contributed by atoms with Gasteiger partial charge in [0.2, 0.25) is 23.1 Å². The van der Waals surface area contributed by atoms with E-state index in [1.807, 2.05) is 6.07 Å². The van der Waals surface area contributed by atoms with Gasteiger partial charge in [-0.25, -0.2) is 4.21 Å². The van der Waals surface area contributed by atoms with Crippen molar-refractivity contribution in [1.29, 1.82) is 0 Å². The van der Waals surface area contributed by atoms with Gasteiger partial charge in [-0.3, -0.25) is 19.0 Å². The number of carbonyl (C=O) groups is 2. The topological polar surface area (TPSA) is 116 Å². The predicted octanol–water partition coefficient (Wildman–Crippen LogP) is 1.65. The summed E-state index contributed by atoms with van der Waals surface area (Å²) in [7, 11) is 0. The lowest BCUT2D eigenvalue weighted by Crippen LogP contribution is -2.44. The zero-order valence-corrected chi connectivity index (χ0v) is 18.5. The Balaban J connectivity index is 1.56. The van der Waals surface area contributed by atoms with Crippen LogP contribution >= 0.6 is 0 Å². The lowest BCUT2D eigenvalue weighted by atomic mass is 9.93. The van der Waals surface area contributed by atoms with Gasteiger partial charge in [0.1, 0.15) is 0 Å². The Labute approximate surface area is 185 Å². The minimum atomic E-state index is -2.26. The molecule has 2 aromatic rings. The Morgan fingerprint density at radius 3 is 2.58 bits per heavy atom. The average Bonchev–Trinajstić information content (AvgIpc) is 2.76. The monoisotopic (exact) mass is 446 g/mol. The zero-order valence-electron chi connectivity index (χ0n) is 17.7. The van der Waals surface area contributed by atoms with E-state index in [0.717, 1.165) is 25.9 Å². The van der Waals surface area contributed by atoms with Crippen LogP contribution in [-0.2, 0) is 20.9 Å². The summed E-state index contributed by atoms with van der Waals surface area (Å²) in [5, 5.41) is 4.85. The van der Waals surface area contributed by atoms with Crippen molar-refractivity contribution in [2.75, 3.05) is 32.7 Å². The molecule has 0 bridgehead atoms. The number of hydrogen-bond donors (Lipinski definition) is 3. The number of benzene rings is 2. The molecule has 1 aliphatic heterocycles. The highest BCUT2D eigenvalue weighted by atomic mass is 32.2. The van der Waals surface area contributed by atoms with Crippen LogP contribution in [0.25, 0.3) is 10.8 Å². The number of nitrogens with one attached hydrogen (secondary N) is 1. The molecule has 2 amide bonds. The smallest absolute Gasteiger partial charge is 0.236 e. The molecular formula is C22H30N4O4S. The van der Waals surface area contributed by atoms with Gasteiger partial charge < -0.3 is 11.1 Å². The Bertz CT molecular complexity index is 941. The summed E-state index contributed by atoms with van der Waals surface area (Å²) < 4.78 is 22.5. The molecule has 2 atom stereocenters. The third-order valence-electron chi connectivity index (χ3n) is 5.93. The van der Waals surface area contributed by atoms with E-state index >= 15 is 0 Å². The molecule has 0 saturated carbocycles. The average molecular weight is 447 g/mol. The number of amides is 2. The van der Waals surface area contributed by atoms with Crippen LogP contribution in [0.1, 0.15) is 31.4 Å². The molecule has 2 aromatic carbocycles. The van der Waals surface area contributed by atoms with Gasteiger partial charge in [-0.2, -0.15) is 4.31 Å². The summed E-state index contributed by atoms with van der Waals surface area (Å²) in [4.78, 5) is 25.1. The molecule has 1 saturated heterocycles. The molecule has 0 aliphatic carbocycles. The molecular weight excluding hydrogens is 416 g/mol. The number of primary amides is 1. The first-order valence-corrected chi connectivity index (χ1v) is 11.5. The number of rotatable bonds is 9. The second-order valence-electron chi connectivity index (χ2n) is 8.02. The molecule has 1 fully saturated rings. The van der Waals surface area contributed by atoms with E-state index in [9.17, 15) is 18.4 Å². The zero-order chi connectivity index (χ0) is 22.4. The third-order valence-corrected chi connectivity index (χ3v) is 6.65. The number of likely N-dealkylation sites (tertiary alicyclic amines) is 1. The Morgan fingerprint density at radius 1 is 1.23 bits per heavy atom. The molecule has 2 unspecified atom stereocenters. The van der Waals surface area contributed by atoms with Crippen molar-refractivity contribution in [3.8, 4) is 0 Å². The van der Waals surface area contributed by atoms with Gasteiger partial charge >= 0.3 is 0 Å². The van der Waals surface area contributed by atoms with Crippen molar-refractivity contribution < 1.29 is 18.4 Å². The molecule has 1 aliphatic rings. The Hall–Kier alpha value is -2.33. The number of fused-ring (bicyclic) bond motifs is 1. The SMILES string of the molecule is CC(c1cccc2ccccc12)N1CCC(CN(CC(=O)NCC(N)=O)S(=O)O)CC1. The van der Waals surface area contributed by atoms with E-state index in [0.29, 0.717) is 6.54 Å². The highest BCUT2D eigenvalue weighted by Crippen LogP contribution is 2.31. The largest absolute Gasteiger partial charge is 0.368 e. The van der Waals surface area contributed by atoms with Gasteiger partial charge in [0, 0.05) is 12.6 Å². The molecule has 3 rings (SSSR count). The molecule has 1 heterocycles. The molecule has 0 aromatic heterocycles.